The summed E-state index contributed by atoms with van der Waals surface area (Å²) >= 11 is 0. The van der Waals surface area contributed by atoms with Gasteiger partial charge in [0, 0.05) is 31.8 Å². The molecule has 0 aromatic heterocycles. The van der Waals surface area contributed by atoms with Crippen molar-refractivity contribution in [3.63, 3.8) is 0 Å². The Morgan fingerprint density at radius 3 is 2.53 bits per heavy atom. The summed E-state index contributed by atoms with van der Waals surface area (Å²) in [4.78, 5) is 0. The molecule has 0 N–H and O–H groups in total. The molecule has 0 saturated carbocycles. The van der Waals surface area contributed by atoms with Gasteiger partial charge in [-0.3, -0.25) is 0 Å². The molecule has 0 nitrogen and oxygen atoms in total. The van der Waals surface area contributed by atoms with Crippen LogP contribution in [0.2, 0.25) is 0 Å². The fourth-order valence-electron chi connectivity index (χ4n) is 2.95. The van der Waals surface area contributed by atoms with Crippen LogP contribution < -0.4 is 0 Å². The van der Waals surface area contributed by atoms with Crippen molar-refractivity contribution in [3.8, 4) is 0 Å². The van der Waals surface area contributed by atoms with Gasteiger partial charge in [-0.05, 0) is 47.4 Å². The minimum absolute atomic E-state index is 0. The summed E-state index contributed by atoms with van der Waals surface area (Å²) in [6.45, 7) is 4.61. The van der Waals surface area contributed by atoms with Crippen molar-refractivity contribution in [2.24, 2.45) is 5.92 Å². The van der Waals surface area contributed by atoms with Crippen molar-refractivity contribution in [3.05, 3.63) is 46.4 Å². The first-order valence-electron chi connectivity index (χ1n) is 6.50. The van der Waals surface area contributed by atoms with E-state index in [1.807, 2.05) is 0 Å². The Morgan fingerprint density at radius 1 is 1.12 bits per heavy atom. The molecule has 0 aliphatic heterocycles. The van der Waals surface area contributed by atoms with Gasteiger partial charge in [0.1, 0.15) is 0 Å². The number of hydrogen-bond donors (Lipinski definition) is 0. The molecule has 0 saturated heterocycles. The molecule has 1 atom stereocenters. The first-order valence-corrected chi connectivity index (χ1v) is 6.50. The van der Waals surface area contributed by atoms with Gasteiger partial charge < -0.3 is 0 Å². The number of allylic oxidation sites excluding steroid dienone is 1. The zero-order chi connectivity index (χ0) is 11.1. The van der Waals surface area contributed by atoms with Crippen LogP contribution in [0.5, 0.6) is 0 Å². The summed E-state index contributed by atoms with van der Waals surface area (Å²) in [6, 6.07) is 4.88. The van der Waals surface area contributed by atoms with Crippen LogP contribution in [0.1, 0.15) is 48.9 Å². The molecule has 1 aromatic carbocycles. The van der Waals surface area contributed by atoms with E-state index in [9.17, 15) is 0 Å². The Hall–Kier alpha value is -0.170. The van der Waals surface area contributed by atoms with Crippen LogP contribution in [0.15, 0.2) is 18.2 Å². The molecule has 87 valence electrons. The minimum Gasteiger partial charge on any atom is -0.0718 e. The van der Waals surface area contributed by atoms with Crippen LogP contribution in [0.3, 0.4) is 0 Å². The van der Waals surface area contributed by atoms with Crippen LogP contribution >= 0.6 is 0 Å². The summed E-state index contributed by atoms with van der Waals surface area (Å²) in [6.07, 6.45) is 9.78. The number of fused-ring (bicyclic) bond motifs is 2. The van der Waals surface area contributed by atoms with Crippen LogP contribution in [0.25, 0.3) is 6.08 Å². The quantitative estimate of drug-likeness (QED) is 0.666. The summed E-state index contributed by atoms with van der Waals surface area (Å²) < 4.78 is 0. The average Bonchev–Trinajstić information content (AvgIpc) is 2.90. The second kappa shape index (κ2) is 5.22. The Bertz CT molecular complexity index is 445. The van der Waals surface area contributed by atoms with E-state index in [0.717, 1.165) is 0 Å². The minimum atomic E-state index is 0. The third-order valence-electron chi connectivity index (χ3n) is 4.16. The SMILES string of the molecule is CCC(C)[C]1C=Cc2cc3c(cc21)CCC3.[Hf]. The molecule has 0 amide bonds. The first kappa shape index (κ1) is 13.3. The molecule has 1 aromatic rings. The molecule has 2 aliphatic rings. The van der Waals surface area contributed by atoms with Crippen LogP contribution in [0.4, 0.5) is 0 Å². The number of aryl methyl sites for hydroxylation is 2. The number of hydrogen-bond acceptors (Lipinski definition) is 0. The van der Waals surface area contributed by atoms with E-state index >= 15 is 0 Å². The van der Waals surface area contributed by atoms with Gasteiger partial charge in [-0.25, -0.2) is 0 Å². The van der Waals surface area contributed by atoms with Crippen molar-refractivity contribution in [1.29, 1.82) is 0 Å². The summed E-state index contributed by atoms with van der Waals surface area (Å²) in [5.74, 6) is 2.24. The second-order valence-electron chi connectivity index (χ2n) is 5.16. The van der Waals surface area contributed by atoms with Crippen molar-refractivity contribution >= 4 is 6.08 Å². The predicted molar refractivity (Wildman–Crippen MR) is 69.3 cm³/mol. The van der Waals surface area contributed by atoms with E-state index in [4.69, 9.17) is 0 Å². The van der Waals surface area contributed by atoms with Gasteiger partial charge in [-0.15, -0.1) is 0 Å². The summed E-state index contributed by atoms with van der Waals surface area (Å²) in [7, 11) is 0. The maximum absolute atomic E-state index is 2.46. The Balaban J connectivity index is 0.00000108. The van der Waals surface area contributed by atoms with E-state index in [0.29, 0.717) is 5.92 Å². The Morgan fingerprint density at radius 2 is 1.82 bits per heavy atom. The zero-order valence-corrected chi connectivity index (χ0v) is 14.3. The number of rotatable bonds is 2. The zero-order valence-electron chi connectivity index (χ0n) is 10.7. The molecule has 1 heteroatoms. The standard InChI is InChI=1S/C16H19.Hf/c1-3-11(2)15-8-7-14-9-12-5-4-6-13(12)10-16(14)15;/h7-11H,3-6H2,1-2H3;. The van der Waals surface area contributed by atoms with E-state index in [1.54, 1.807) is 17.0 Å². The van der Waals surface area contributed by atoms with Gasteiger partial charge >= 0.3 is 0 Å². The van der Waals surface area contributed by atoms with E-state index in [1.165, 1.54) is 36.8 Å². The molecular weight excluding hydrogens is 371 g/mol. The third-order valence-corrected chi connectivity index (χ3v) is 4.16. The second-order valence-corrected chi connectivity index (χ2v) is 5.16. The molecule has 0 spiro atoms. The van der Waals surface area contributed by atoms with E-state index in [2.05, 4.69) is 38.1 Å². The summed E-state index contributed by atoms with van der Waals surface area (Å²) in [5, 5.41) is 0. The van der Waals surface area contributed by atoms with Gasteiger partial charge in [0.15, 0.2) is 0 Å². The van der Waals surface area contributed by atoms with Gasteiger partial charge in [0.05, 0.1) is 0 Å². The average molecular weight is 390 g/mol. The molecular formula is C16H19Hf. The summed E-state index contributed by atoms with van der Waals surface area (Å²) in [5.41, 5.74) is 6.16. The smallest absolute Gasteiger partial charge is 0.0301 e. The fourth-order valence-corrected chi connectivity index (χ4v) is 2.95. The third kappa shape index (κ3) is 2.23. The van der Waals surface area contributed by atoms with Crippen LogP contribution in [-0.4, -0.2) is 0 Å². The van der Waals surface area contributed by atoms with Gasteiger partial charge in [0.25, 0.3) is 0 Å². The van der Waals surface area contributed by atoms with E-state index < -0.39 is 0 Å². The first-order chi connectivity index (χ1) is 7.79. The van der Waals surface area contributed by atoms with Crippen molar-refractivity contribution < 1.29 is 25.8 Å². The van der Waals surface area contributed by atoms with Gasteiger partial charge in [0.2, 0.25) is 0 Å². The molecule has 3 rings (SSSR count). The van der Waals surface area contributed by atoms with E-state index in [-0.39, 0.29) is 25.8 Å². The normalized spacial score (nSPS) is 18.7. The van der Waals surface area contributed by atoms with Crippen molar-refractivity contribution in [2.75, 3.05) is 0 Å². The molecule has 1 unspecified atom stereocenters. The molecule has 17 heavy (non-hydrogen) atoms. The molecule has 0 bridgehead atoms. The monoisotopic (exact) mass is 391 g/mol. The largest absolute Gasteiger partial charge is 0.0718 e. The molecule has 0 heterocycles. The van der Waals surface area contributed by atoms with Crippen LogP contribution in [-0.2, 0) is 38.7 Å². The topological polar surface area (TPSA) is 0 Å². The number of benzene rings is 1. The molecule has 1 radical (unpaired) electrons. The molecule has 2 aliphatic carbocycles. The maximum atomic E-state index is 2.46. The maximum Gasteiger partial charge on any atom is 0.0301 e. The van der Waals surface area contributed by atoms with Crippen molar-refractivity contribution in [1.82, 2.24) is 0 Å². The molecule has 0 fully saturated rings. The van der Waals surface area contributed by atoms with Gasteiger partial charge in [-0.1, -0.05) is 44.6 Å². The Kier molecular flexibility index (Phi) is 4.07. The predicted octanol–water partition coefficient (Wildman–Crippen LogP) is 4.17. The Labute approximate surface area is 123 Å². The van der Waals surface area contributed by atoms with Crippen LogP contribution in [0, 0.1) is 11.8 Å². The van der Waals surface area contributed by atoms with Crippen molar-refractivity contribution in [2.45, 2.75) is 39.5 Å². The fraction of sp³-hybridized carbons (Fsp3) is 0.438. The van der Waals surface area contributed by atoms with Gasteiger partial charge in [-0.2, -0.15) is 0 Å².